The average molecular weight is 202 g/mol. The van der Waals surface area contributed by atoms with Crippen LogP contribution in [0.3, 0.4) is 0 Å². The maximum atomic E-state index is 5.17. The van der Waals surface area contributed by atoms with Gasteiger partial charge in [-0.1, -0.05) is 41.5 Å². The van der Waals surface area contributed by atoms with Crippen LogP contribution >= 0.6 is 0 Å². The lowest BCUT2D eigenvalue weighted by molar-refractivity contribution is 0.497. The summed E-state index contributed by atoms with van der Waals surface area (Å²) in [4.78, 5) is 0. The Balaban J connectivity index is 0. The Labute approximate surface area is 90.6 Å². The molecule has 0 saturated heterocycles. The summed E-state index contributed by atoms with van der Waals surface area (Å²) in [5, 5.41) is 3.38. The van der Waals surface area contributed by atoms with Gasteiger partial charge in [0.1, 0.15) is 0 Å². The van der Waals surface area contributed by atoms with Crippen molar-refractivity contribution in [3.05, 3.63) is 0 Å². The Morgan fingerprint density at radius 2 is 1.07 bits per heavy atom. The van der Waals surface area contributed by atoms with Gasteiger partial charge in [0.2, 0.25) is 0 Å². The van der Waals surface area contributed by atoms with Crippen molar-refractivity contribution in [1.82, 2.24) is 5.32 Å². The Hall–Kier alpha value is -0.0800. The second-order valence-corrected chi connectivity index (χ2v) is 5.08. The van der Waals surface area contributed by atoms with Crippen LogP contribution in [0.1, 0.15) is 41.5 Å². The summed E-state index contributed by atoms with van der Waals surface area (Å²) in [6, 6.07) is 0. The molecule has 0 heterocycles. The molecule has 0 atom stereocenters. The van der Waals surface area contributed by atoms with E-state index in [4.69, 9.17) is 5.73 Å². The summed E-state index contributed by atoms with van der Waals surface area (Å²) in [6.07, 6.45) is 0. The van der Waals surface area contributed by atoms with Gasteiger partial charge in [0.15, 0.2) is 0 Å². The molecule has 14 heavy (non-hydrogen) atoms. The molecule has 0 saturated carbocycles. The number of nitrogens with one attached hydrogen (secondary N) is 1. The Morgan fingerprint density at radius 1 is 0.786 bits per heavy atom. The highest BCUT2D eigenvalue weighted by atomic mass is 14.9. The lowest BCUT2D eigenvalue weighted by atomic mass is 10.2. The van der Waals surface area contributed by atoms with Crippen LogP contribution in [-0.4, -0.2) is 19.6 Å². The molecule has 0 aromatic heterocycles. The van der Waals surface area contributed by atoms with Crippen molar-refractivity contribution in [2.75, 3.05) is 19.6 Å². The van der Waals surface area contributed by atoms with Crippen LogP contribution in [-0.2, 0) is 0 Å². The first-order chi connectivity index (χ1) is 6.40. The van der Waals surface area contributed by atoms with Crippen molar-refractivity contribution in [3.8, 4) is 0 Å². The Bertz CT molecular complexity index is 90.5. The van der Waals surface area contributed by atoms with E-state index in [1.54, 1.807) is 0 Å². The first kappa shape index (κ1) is 16.4. The average Bonchev–Trinajstić information content (AvgIpc) is 2.04. The van der Waals surface area contributed by atoms with Crippen LogP contribution in [0.5, 0.6) is 0 Å². The quantitative estimate of drug-likeness (QED) is 0.719. The van der Waals surface area contributed by atoms with E-state index in [1.165, 1.54) is 0 Å². The largest absolute Gasteiger partial charge is 0.330 e. The van der Waals surface area contributed by atoms with Gasteiger partial charge in [0.25, 0.3) is 0 Å². The zero-order valence-electron chi connectivity index (χ0n) is 10.9. The summed E-state index contributed by atoms with van der Waals surface area (Å²) >= 11 is 0. The molecule has 2 nitrogen and oxygen atoms in total. The predicted octanol–water partition coefficient (Wildman–Crippen LogP) is 2.49. The molecule has 88 valence electrons. The van der Waals surface area contributed by atoms with Crippen LogP contribution in [0.15, 0.2) is 0 Å². The highest BCUT2D eigenvalue weighted by Gasteiger charge is 1.94. The summed E-state index contributed by atoms with van der Waals surface area (Å²) in [5.74, 6) is 2.22. The normalized spacial score (nSPS) is 10.7. The predicted molar refractivity (Wildman–Crippen MR) is 66.4 cm³/mol. The molecular formula is C12H30N2. The van der Waals surface area contributed by atoms with E-state index in [1.807, 2.05) is 0 Å². The molecule has 0 aliphatic rings. The first-order valence-electron chi connectivity index (χ1n) is 5.80. The lowest BCUT2D eigenvalue weighted by Gasteiger charge is -2.08. The minimum Gasteiger partial charge on any atom is -0.330 e. The van der Waals surface area contributed by atoms with Crippen molar-refractivity contribution in [1.29, 1.82) is 0 Å². The molecule has 0 unspecified atom stereocenters. The molecule has 0 aliphatic heterocycles. The standard InChI is InChI=1S/C8H19N.C4H11N/c1-7(2)5-9-6-8(3)4;1-4(2)3-5/h7-9H,5-6H2,1-4H3;4H,3,5H2,1-2H3. The molecule has 0 bridgehead atoms. The minimum atomic E-state index is 0.662. The Kier molecular flexibility index (Phi) is 12.8. The molecule has 0 radical (unpaired) electrons. The van der Waals surface area contributed by atoms with Crippen LogP contribution in [0, 0.1) is 17.8 Å². The molecule has 0 amide bonds. The zero-order chi connectivity index (χ0) is 11.6. The third kappa shape index (κ3) is 22.7. The van der Waals surface area contributed by atoms with Crippen LogP contribution in [0.2, 0.25) is 0 Å². The van der Waals surface area contributed by atoms with Gasteiger partial charge < -0.3 is 11.1 Å². The molecule has 0 rings (SSSR count). The number of hydrogen-bond donors (Lipinski definition) is 2. The van der Waals surface area contributed by atoms with Crippen LogP contribution in [0.4, 0.5) is 0 Å². The topological polar surface area (TPSA) is 38.0 Å². The monoisotopic (exact) mass is 202 g/mol. The van der Waals surface area contributed by atoms with Gasteiger partial charge in [-0.05, 0) is 37.4 Å². The molecule has 2 heteroatoms. The minimum absolute atomic E-state index is 0.662. The zero-order valence-corrected chi connectivity index (χ0v) is 10.9. The maximum Gasteiger partial charge on any atom is -0.00257 e. The van der Waals surface area contributed by atoms with Crippen LogP contribution in [0.25, 0.3) is 0 Å². The van der Waals surface area contributed by atoms with Crippen molar-refractivity contribution in [2.24, 2.45) is 23.5 Å². The summed E-state index contributed by atoms with van der Waals surface area (Å²) in [7, 11) is 0. The SMILES string of the molecule is CC(C)CN.CC(C)CNCC(C)C. The fraction of sp³-hybridized carbons (Fsp3) is 1.00. The van der Waals surface area contributed by atoms with E-state index < -0.39 is 0 Å². The van der Waals surface area contributed by atoms with Gasteiger partial charge in [0, 0.05) is 0 Å². The summed E-state index contributed by atoms with van der Waals surface area (Å²) in [6.45, 7) is 16.2. The van der Waals surface area contributed by atoms with Gasteiger partial charge in [-0.25, -0.2) is 0 Å². The fourth-order valence-corrected chi connectivity index (χ4v) is 0.661. The Morgan fingerprint density at radius 3 is 1.21 bits per heavy atom. The van der Waals surface area contributed by atoms with E-state index in [2.05, 4.69) is 46.9 Å². The van der Waals surface area contributed by atoms with E-state index in [9.17, 15) is 0 Å². The highest BCUT2D eigenvalue weighted by Crippen LogP contribution is 1.90. The van der Waals surface area contributed by atoms with Gasteiger partial charge in [-0.3, -0.25) is 0 Å². The van der Waals surface area contributed by atoms with Crippen molar-refractivity contribution in [3.63, 3.8) is 0 Å². The van der Waals surface area contributed by atoms with Crippen molar-refractivity contribution >= 4 is 0 Å². The van der Waals surface area contributed by atoms with E-state index >= 15 is 0 Å². The van der Waals surface area contributed by atoms with Gasteiger partial charge in [-0.15, -0.1) is 0 Å². The number of hydrogen-bond acceptors (Lipinski definition) is 2. The molecular weight excluding hydrogens is 172 g/mol. The lowest BCUT2D eigenvalue weighted by Crippen LogP contribution is -2.23. The number of rotatable bonds is 5. The maximum absolute atomic E-state index is 5.17. The second-order valence-electron chi connectivity index (χ2n) is 5.08. The van der Waals surface area contributed by atoms with Crippen LogP contribution < -0.4 is 11.1 Å². The fourth-order valence-electron chi connectivity index (χ4n) is 0.661. The van der Waals surface area contributed by atoms with Gasteiger partial charge in [-0.2, -0.15) is 0 Å². The summed E-state index contributed by atoms with van der Waals surface area (Å²) < 4.78 is 0. The molecule has 0 fully saturated rings. The molecule has 0 aliphatic carbocycles. The third-order valence-corrected chi connectivity index (χ3v) is 1.58. The van der Waals surface area contributed by atoms with Crippen molar-refractivity contribution < 1.29 is 0 Å². The highest BCUT2D eigenvalue weighted by molar-refractivity contribution is 4.52. The summed E-state index contributed by atoms with van der Waals surface area (Å²) in [5.41, 5.74) is 5.17. The molecule has 3 N–H and O–H groups in total. The van der Waals surface area contributed by atoms with Gasteiger partial charge >= 0.3 is 0 Å². The smallest absolute Gasteiger partial charge is 0.00257 e. The second kappa shape index (κ2) is 11.0. The van der Waals surface area contributed by atoms with E-state index in [0.717, 1.165) is 31.5 Å². The van der Waals surface area contributed by atoms with E-state index in [-0.39, 0.29) is 0 Å². The molecule has 0 aromatic rings. The van der Waals surface area contributed by atoms with Gasteiger partial charge in [0.05, 0.1) is 0 Å². The first-order valence-corrected chi connectivity index (χ1v) is 5.80. The third-order valence-electron chi connectivity index (χ3n) is 1.58. The molecule has 0 spiro atoms. The molecule has 0 aromatic carbocycles. The van der Waals surface area contributed by atoms with Crippen molar-refractivity contribution in [2.45, 2.75) is 41.5 Å². The number of nitrogens with two attached hydrogens (primary N) is 1. The van der Waals surface area contributed by atoms with E-state index in [0.29, 0.717) is 5.92 Å².